The van der Waals surface area contributed by atoms with Crippen molar-refractivity contribution in [3.63, 3.8) is 0 Å². The van der Waals surface area contributed by atoms with E-state index < -0.39 is 24.1 Å². The van der Waals surface area contributed by atoms with Crippen LogP contribution in [0, 0.1) is 11.3 Å². The topological polar surface area (TPSA) is 105 Å². The number of nitriles is 1. The Bertz CT molecular complexity index is 898. The zero-order chi connectivity index (χ0) is 20.7. The summed E-state index contributed by atoms with van der Waals surface area (Å²) >= 11 is 0. The predicted molar refractivity (Wildman–Crippen MR) is 102 cm³/mol. The molecule has 144 valence electrons. The Kier molecular flexibility index (Phi) is 6.88. The maximum absolute atomic E-state index is 12.2. The van der Waals surface area contributed by atoms with Gasteiger partial charge < -0.3 is 14.8 Å². The Morgan fingerprint density at radius 2 is 1.57 bits per heavy atom. The van der Waals surface area contributed by atoms with Gasteiger partial charge in [0.25, 0.3) is 5.91 Å². The first kappa shape index (κ1) is 20.6. The first-order valence-corrected chi connectivity index (χ1v) is 8.59. The third kappa shape index (κ3) is 5.68. The van der Waals surface area contributed by atoms with Crippen molar-refractivity contribution in [3.8, 4) is 11.8 Å². The van der Waals surface area contributed by atoms with E-state index in [0.29, 0.717) is 22.6 Å². The molecule has 7 nitrogen and oxygen atoms in total. The summed E-state index contributed by atoms with van der Waals surface area (Å²) < 4.78 is 10.6. The van der Waals surface area contributed by atoms with Gasteiger partial charge in [0.05, 0.1) is 11.6 Å². The summed E-state index contributed by atoms with van der Waals surface area (Å²) in [5.41, 5.74) is 1.50. The molecule has 0 aliphatic rings. The molecule has 0 unspecified atom stereocenters. The lowest BCUT2D eigenvalue weighted by Gasteiger charge is -2.18. The van der Waals surface area contributed by atoms with Crippen LogP contribution in [0.3, 0.4) is 0 Å². The molecule has 1 amide bonds. The molecule has 7 heteroatoms. The molecule has 28 heavy (non-hydrogen) atoms. The number of carbonyl (C=O) groups is 3. The van der Waals surface area contributed by atoms with Gasteiger partial charge in [-0.3, -0.25) is 9.59 Å². The van der Waals surface area contributed by atoms with E-state index in [2.05, 4.69) is 5.32 Å². The number of nitrogens with zero attached hydrogens (tertiary/aromatic N) is 1. The minimum atomic E-state index is -1.04. The van der Waals surface area contributed by atoms with Crippen molar-refractivity contribution in [1.82, 2.24) is 0 Å². The van der Waals surface area contributed by atoms with Gasteiger partial charge >= 0.3 is 5.97 Å². The molecule has 0 radical (unpaired) electrons. The number of nitrogens with one attached hydrogen (secondary N) is 1. The Morgan fingerprint density at radius 3 is 2.11 bits per heavy atom. The number of Topliss-reactive ketones (excluding diaryl/α,β-unsaturated/α-hetero) is 1. The number of ketones is 1. The smallest absolute Gasteiger partial charge is 0.347 e. The molecule has 0 aromatic heterocycles. The number of carbonyl (C=O) groups excluding carboxylic acids is 3. The lowest BCUT2D eigenvalue weighted by molar-refractivity contribution is -0.159. The molecule has 0 spiro atoms. The van der Waals surface area contributed by atoms with Gasteiger partial charge in [-0.15, -0.1) is 0 Å². The maximum atomic E-state index is 12.2. The van der Waals surface area contributed by atoms with Crippen LogP contribution in [-0.4, -0.2) is 29.9 Å². The molecule has 2 aromatic carbocycles. The molecule has 2 aromatic rings. The van der Waals surface area contributed by atoms with E-state index >= 15 is 0 Å². The van der Waals surface area contributed by atoms with Crippen molar-refractivity contribution < 1.29 is 23.9 Å². The van der Waals surface area contributed by atoms with Crippen LogP contribution in [0.25, 0.3) is 0 Å². The number of ether oxygens (including phenoxy) is 2. The summed E-state index contributed by atoms with van der Waals surface area (Å²) in [7, 11) is 0. The van der Waals surface area contributed by atoms with Crippen molar-refractivity contribution in [2.24, 2.45) is 0 Å². The standard InChI is InChI=1S/C21H20N2O5/c1-13(24)17-6-8-18(9-7-17)23-20(25)14(2)28-21(26)15(3)27-19-10-4-16(12-22)5-11-19/h4-11,14-15H,1-3H3,(H,23,25)/t14-,15-/m1/s1. The second-order valence-electron chi connectivity index (χ2n) is 6.10. The lowest BCUT2D eigenvalue weighted by Crippen LogP contribution is -2.35. The van der Waals surface area contributed by atoms with Gasteiger partial charge in [-0.1, -0.05) is 0 Å². The van der Waals surface area contributed by atoms with Gasteiger partial charge in [0.1, 0.15) is 5.75 Å². The van der Waals surface area contributed by atoms with Crippen LogP contribution in [0.1, 0.15) is 36.7 Å². The van der Waals surface area contributed by atoms with E-state index in [1.807, 2.05) is 6.07 Å². The lowest BCUT2D eigenvalue weighted by atomic mass is 10.1. The van der Waals surface area contributed by atoms with Gasteiger partial charge in [0.15, 0.2) is 18.0 Å². The normalized spacial score (nSPS) is 12.2. The fourth-order valence-electron chi connectivity index (χ4n) is 2.22. The van der Waals surface area contributed by atoms with Crippen LogP contribution in [0.2, 0.25) is 0 Å². The number of rotatable bonds is 7. The van der Waals surface area contributed by atoms with Crippen molar-refractivity contribution >= 4 is 23.3 Å². The van der Waals surface area contributed by atoms with Gasteiger partial charge in [-0.05, 0) is 69.3 Å². The number of esters is 1. The molecule has 2 atom stereocenters. The van der Waals surface area contributed by atoms with Crippen LogP contribution in [0.5, 0.6) is 5.75 Å². The number of hydrogen-bond acceptors (Lipinski definition) is 6. The maximum Gasteiger partial charge on any atom is 0.347 e. The summed E-state index contributed by atoms with van der Waals surface area (Å²) in [4.78, 5) is 35.6. The Labute approximate surface area is 162 Å². The van der Waals surface area contributed by atoms with Crippen LogP contribution >= 0.6 is 0 Å². The number of benzene rings is 2. The molecule has 2 rings (SSSR count). The van der Waals surface area contributed by atoms with Gasteiger partial charge in [-0.2, -0.15) is 5.26 Å². The van der Waals surface area contributed by atoms with Crippen molar-refractivity contribution in [3.05, 3.63) is 59.7 Å². The third-order valence-corrected chi connectivity index (χ3v) is 3.85. The number of anilines is 1. The van der Waals surface area contributed by atoms with E-state index in [0.717, 1.165) is 0 Å². The van der Waals surface area contributed by atoms with Crippen LogP contribution in [0.15, 0.2) is 48.5 Å². The molecule has 0 aliphatic heterocycles. The summed E-state index contributed by atoms with van der Waals surface area (Å²) in [5, 5.41) is 11.4. The minimum absolute atomic E-state index is 0.0728. The zero-order valence-corrected chi connectivity index (χ0v) is 15.8. The molecule has 0 heterocycles. The molecule has 0 aliphatic carbocycles. The highest BCUT2D eigenvalue weighted by molar-refractivity contribution is 5.97. The Hall–Kier alpha value is -3.66. The summed E-state index contributed by atoms with van der Waals surface area (Å²) in [5.74, 6) is -0.865. The monoisotopic (exact) mass is 380 g/mol. The Balaban J connectivity index is 1.88. The van der Waals surface area contributed by atoms with E-state index in [9.17, 15) is 14.4 Å². The van der Waals surface area contributed by atoms with Crippen molar-refractivity contribution in [2.75, 3.05) is 5.32 Å². The van der Waals surface area contributed by atoms with Gasteiger partial charge in [0, 0.05) is 11.3 Å². The minimum Gasteiger partial charge on any atom is -0.479 e. The van der Waals surface area contributed by atoms with E-state index in [1.54, 1.807) is 48.5 Å². The first-order valence-electron chi connectivity index (χ1n) is 8.59. The van der Waals surface area contributed by atoms with Crippen LogP contribution < -0.4 is 10.1 Å². The second-order valence-corrected chi connectivity index (χ2v) is 6.10. The third-order valence-electron chi connectivity index (χ3n) is 3.85. The largest absolute Gasteiger partial charge is 0.479 e. The highest BCUT2D eigenvalue weighted by Gasteiger charge is 2.23. The quantitative estimate of drug-likeness (QED) is 0.584. The van der Waals surface area contributed by atoms with Crippen LogP contribution in [-0.2, 0) is 14.3 Å². The second kappa shape index (κ2) is 9.33. The number of amides is 1. The predicted octanol–water partition coefficient (Wildman–Crippen LogP) is 3.10. The fraction of sp³-hybridized carbons (Fsp3) is 0.238. The molecule has 0 bridgehead atoms. The van der Waals surface area contributed by atoms with Gasteiger partial charge in [0.2, 0.25) is 0 Å². The number of hydrogen-bond donors (Lipinski definition) is 1. The molecular formula is C21H20N2O5. The van der Waals surface area contributed by atoms with E-state index in [1.165, 1.54) is 20.8 Å². The van der Waals surface area contributed by atoms with Gasteiger partial charge in [-0.25, -0.2) is 4.79 Å². The fourth-order valence-corrected chi connectivity index (χ4v) is 2.22. The molecule has 0 saturated heterocycles. The molecule has 0 fully saturated rings. The molecule has 0 saturated carbocycles. The zero-order valence-electron chi connectivity index (χ0n) is 15.8. The van der Waals surface area contributed by atoms with Crippen molar-refractivity contribution in [1.29, 1.82) is 5.26 Å². The summed E-state index contributed by atoms with van der Waals surface area (Å²) in [6, 6.07) is 14.7. The SMILES string of the molecule is CC(=O)c1ccc(NC(=O)[C@@H](C)OC(=O)[C@@H](C)Oc2ccc(C#N)cc2)cc1. The Morgan fingerprint density at radius 1 is 0.964 bits per heavy atom. The van der Waals surface area contributed by atoms with Crippen LogP contribution in [0.4, 0.5) is 5.69 Å². The van der Waals surface area contributed by atoms with E-state index in [-0.39, 0.29) is 5.78 Å². The van der Waals surface area contributed by atoms with Crippen molar-refractivity contribution in [2.45, 2.75) is 33.0 Å². The molecular weight excluding hydrogens is 360 g/mol. The summed E-state index contributed by atoms with van der Waals surface area (Å²) in [6.45, 7) is 4.41. The highest BCUT2D eigenvalue weighted by Crippen LogP contribution is 2.15. The average Bonchev–Trinajstić information content (AvgIpc) is 2.68. The first-order chi connectivity index (χ1) is 13.3. The van der Waals surface area contributed by atoms with E-state index in [4.69, 9.17) is 14.7 Å². The average molecular weight is 380 g/mol. The molecule has 1 N–H and O–H groups in total. The summed E-state index contributed by atoms with van der Waals surface area (Å²) in [6.07, 6.45) is -1.97. The highest BCUT2D eigenvalue weighted by atomic mass is 16.6.